The maximum atomic E-state index is 12.0. The number of amides is 1. The number of hydrogen-bond acceptors (Lipinski definition) is 4. The normalized spacial score (nSPS) is 10.6. The Morgan fingerprint density at radius 3 is 2.73 bits per heavy atom. The molecule has 2 rings (SSSR count). The molecule has 0 atom stereocenters. The van der Waals surface area contributed by atoms with Gasteiger partial charge in [0.25, 0.3) is 11.6 Å². The van der Waals surface area contributed by atoms with Crippen LogP contribution in [0.2, 0.25) is 5.02 Å². The zero-order valence-electron chi connectivity index (χ0n) is 11.6. The third-order valence-corrected chi connectivity index (χ3v) is 3.21. The van der Waals surface area contributed by atoms with Gasteiger partial charge < -0.3 is 0 Å². The molecular weight excluding hydrogens is 306 g/mol. The minimum Gasteiger partial charge on any atom is -0.267 e. The second kappa shape index (κ2) is 6.82. The first-order valence-electron chi connectivity index (χ1n) is 6.32. The lowest BCUT2D eigenvalue weighted by Crippen LogP contribution is -2.19. The minimum absolute atomic E-state index is 0.105. The van der Waals surface area contributed by atoms with Crippen LogP contribution in [0.25, 0.3) is 0 Å². The number of nitrogens with one attached hydrogen (secondary N) is 1. The maximum Gasteiger partial charge on any atom is 0.273 e. The monoisotopic (exact) mass is 317 g/mol. The molecule has 7 heteroatoms. The Hall–Kier alpha value is -2.73. The van der Waals surface area contributed by atoms with E-state index in [2.05, 4.69) is 10.5 Å². The van der Waals surface area contributed by atoms with Crippen molar-refractivity contribution in [3.8, 4) is 0 Å². The number of hydrazone groups is 1. The van der Waals surface area contributed by atoms with Crippen molar-refractivity contribution >= 4 is 29.4 Å². The fourth-order valence-electron chi connectivity index (χ4n) is 1.88. The molecule has 6 nitrogen and oxygen atoms in total. The predicted octanol–water partition coefficient (Wildman–Crippen LogP) is 3.32. The fourth-order valence-corrected chi connectivity index (χ4v) is 2.08. The molecular formula is C15H12ClN3O3. The first-order chi connectivity index (χ1) is 10.5. The highest BCUT2D eigenvalue weighted by Gasteiger charge is 2.17. The van der Waals surface area contributed by atoms with Crippen LogP contribution in [0.1, 0.15) is 21.5 Å². The highest BCUT2D eigenvalue weighted by molar-refractivity contribution is 6.30. The van der Waals surface area contributed by atoms with Crippen molar-refractivity contribution in [1.29, 1.82) is 0 Å². The van der Waals surface area contributed by atoms with Gasteiger partial charge in [-0.2, -0.15) is 5.10 Å². The van der Waals surface area contributed by atoms with Crippen LogP contribution in [0.3, 0.4) is 0 Å². The highest BCUT2D eigenvalue weighted by Crippen LogP contribution is 2.20. The number of hydrogen-bond donors (Lipinski definition) is 1. The molecule has 0 saturated heterocycles. The predicted molar refractivity (Wildman–Crippen MR) is 84.3 cm³/mol. The van der Waals surface area contributed by atoms with Crippen molar-refractivity contribution in [1.82, 2.24) is 5.43 Å². The Morgan fingerprint density at radius 2 is 2.05 bits per heavy atom. The Morgan fingerprint density at radius 1 is 1.32 bits per heavy atom. The zero-order chi connectivity index (χ0) is 16.1. The van der Waals surface area contributed by atoms with Gasteiger partial charge in [-0.05, 0) is 30.7 Å². The number of nitro groups is 1. The highest BCUT2D eigenvalue weighted by atomic mass is 35.5. The van der Waals surface area contributed by atoms with Crippen molar-refractivity contribution < 1.29 is 9.72 Å². The van der Waals surface area contributed by atoms with Gasteiger partial charge in [0.1, 0.15) is 0 Å². The van der Waals surface area contributed by atoms with Crippen LogP contribution < -0.4 is 5.43 Å². The van der Waals surface area contributed by atoms with E-state index in [9.17, 15) is 14.9 Å². The molecule has 0 aromatic heterocycles. The van der Waals surface area contributed by atoms with Crippen molar-refractivity contribution in [2.45, 2.75) is 6.92 Å². The number of halogens is 1. The molecule has 112 valence electrons. The van der Waals surface area contributed by atoms with Crippen LogP contribution in [0.5, 0.6) is 0 Å². The SMILES string of the molecule is Cc1c(C(=O)N/N=C\c2cccc(Cl)c2)cccc1[N+](=O)[O-]. The lowest BCUT2D eigenvalue weighted by Gasteiger charge is -2.04. The molecule has 0 radical (unpaired) electrons. The quantitative estimate of drug-likeness (QED) is 0.533. The van der Waals surface area contributed by atoms with Crippen LogP contribution in [0, 0.1) is 17.0 Å². The van der Waals surface area contributed by atoms with E-state index in [1.54, 1.807) is 24.3 Å². The largest absolute Gasteiger partial charge is 0.273 e. The van der Waals surface area contributed by atoms with E-state index in [0.29, 0.717) is 10.6 Å². The van der Waals surface area contributed by atoms with E-state index < -0.39 is 10.8 Å². The van der Waals surface area contributed by atoms with E-state index in [4.69, 9.17) is 11.6 Å². The summed E-state index contributed by atoms with van der Waals surface area (Å²) in [5.74, 6) is -0.514. The molecule has 0 unspecified atom stereocenters. The van der Waals surface area contributed by atoms with Crippen molar-refractivity contribution in [2.75, 3.05) is 0 Å². The molecule has 0 spiro atoms. The van der Waals surface area contributed by atoms with Gasteiger partial charge in [0.05, 0.1) is 16.7 Å². The van der Waals surface area contributed by atoms with Gasteiger partial charge in [0.2, 0.25) is 0 Å². The zero-order valence-corrected chi connectivity index (χ0v) is 12.4. The number of carbonyl (C=O) groups excluding carboxylic acids is 1. The van der Waals surface area contributed by atoms with Gasteiger partial charge in [-0.25, -0.2) is 5.43 Å². The van der Waals surface area contributed by atoms with Crippen LogP contribution >= 0.6 is 11.6 Å². The molecule has 0 bridgehead atoms. The third-order valence-electron chi connectivity index (χ3n) is 2.97. The summed E-state index contributed by atoms with van der Waals surface area (Å²) >= 11 is 5.84. The van der Waals surface area contributed by atoms with E-state index >= 15 is 0 Å². The second-order valence-corrected chi connectivity index (χ2v) is 4.90. The van der Waals surface area contributed by atoms with Crippen molar-refractivity contribution in [3.63, 3.8) is 0 Å². The fraction of sp³-hybridized carbons (Fsp3) is 0.0667. The number of nitrogens with zero attached hydrogens (tertiary/aromatic N) is 2. The Labute approximate surface area is 131 Å². The van der Waals surface area contributed by atoms with Gasteiger partial charge >= 0.3 is 0 Å². The molecule has 0 fully saturated rings. The number of rotatable bonds is 4. The Balaban J connectivity index is 2.13. The summed E-state index contributed by atoms with van der Waals surface area (Å²) < 4.78 is 0. The molecule has 0 aliphatic heterocycles. The molecule has 0 aliphatic carbocycles. The molecule has 2 aromatic rings. The third kappa shape index (κ3) is 3.67. The summed E-state index contributed by atoms with van der Waals surface area (Å²) in [4.78, 5) is 22.4. The van der Waals surface area contributed by atoms with Gasteiger partial charge in [0, 0.05) is 16.7 Å². The van der Waals surface area contributed by atoms with E-state index in [1.165, 1.54) is 31.3 Å². The lowest BCUT2D eigenvalue weighted by atomic mass is 10.1. The molecule has 2 aromatic carbocycles. The number of nitro benzene ring substituents is 1. The second-order valence-electron chi connectivity index (χ2n) is 4.46. The standard InChI is InChI=1S/C15H12ClN3O3/c1-10-13(6-3-7-14(10)19(21)22)15(20)18-17-9-11-4-2-5-12(16)8-11/h2-9H,1H3,(H,18,20)/b17-9-. The molecule has 1 N–H and O–H groups in total. The van der Waals surface area contributed by atoms with Crippen molar-refractivity contribution in [3.05, 3.63) is 74.3 Å². The molecule has 22 heavy (non-hydrogen) atoms. The molecule has 0 heterocycles. The number of carbonyl (C=O) groups is 1. The van der Waals surface area contributed by atoms with Gasteiger partial charge in [-0.3, -0.25) is 14.9 Å². The first-order valence-corrected chi connectivity index (χ1v) is 6.70. The summed E-state index contributed by atoms with van der Waals surface area (Å²) in [5.41, 5.74) is 3.46. The van der Waals surface area contributed by atoms with Crippen LogP contribution in [0.15, 0.2) is 47.6 Å². The summed E-state index contributed by atoms with van der Waals surface area (Å²) in [6.07, 6.45) is 1.44. The van der Waals surface area contributed by atoms with Crippen molar-refractivity contribution in [2.24, 2.45) is 5.10 Å². The lowest BCUT2D eigenvalue weighted by molar-refractivity contribution is -0.385. The maximum absolute atomic E-state index is 12.0. The molecule has 1 amide bonds. The summed E-state index contributed by atoms with van der Waals surface area (Å²) in [6, 6.07) is 11.3. The average Bonchev–Trinajstić information content (AvgIpc) is 2.47. The van der Waals surface area contributed by atoms with Crippen LogP contribution in [-0.2, 0) is 0 Å². The topological polar surface area (TPSA) is 84.6 Å². The minimum atomic E-state index is -0.526. The van der Waals surface area contributed by atoms with Crippen LogP contribution in [-0.4, -0.2) is 17.0 Å². The van der Waals surface area contributed by atoms with E-state index in [1.807, 2.05) is 0 Å². The van der Waals surface area contributed by atoms with E-state index in [-0.39, 0.29) is 11.3 Å². The van der Waals surface area contributed by atoms with Gasteiger partial charge in [-0.15, -0.1) is 0 Å². The van der Waals surface area contributed by atoms with Gasteiger partial charge in [-0.1, -0.05) is 29.8 Å². The van der Waals surface area contributed by atoms with Gasteiger partial charge in [0.15, 0.2) is 0 Å². The van der Waals surface area contributed by atoms with E-state index in [0.717, 1.165) is 5.56 Å². The Kier molecular flexibility index (Phi) is 4.85. The van der Waals surface area contributed by atoms with Crippen LogP contribution in [0.4, 0.5) is 5.69 Å². The first kappa shape index (κ1) is 15.7. The summed E-state index contributed by atoms with van der Waals surface area (Å²) in [7, 11) is 0. The smallest absolute Gasteiger partial charge is 0.267 e. The number of benzene rings is 2. The Bertz CT molecular complexity index is 759. The average molecular weight is 318 g/mol. The molecule has 0 aliphatic rings. The summed E-state index contributed by atoms with van der Waals surface area (Å²) in [5, 5.41) is 15.2. The summed E-state index contributed by atoms with van der Waals surface area (Å²) in [6.45, 7) is 1.52. The molecule has 0 saturated carbocycles.